The van der Waals surface area contributed by atoms with Crippen LogP contribution in [0.4, 0.5) is 17.1 Å². The number of nitrogens with zero attached hydrogens (tertiary/aromatic N) is 2. The predicted molar refractivity (Wildman–Crippen MR) is 98.4 cm³/mol. The summed E-state index contributed by atoms with van der Waals surface area (Å²) in [5.41, 5.74) is 1.65. The number of hydrogen-bond donors (Lipinski definition) is 1. The summed E-state index contributed by atoms with van der Waals surface area (Å²) >= 11 is 0. The summed E-state index contributed by atoms with van der Waals surface area (Å²) < 4.78 is 0. The molecular formula is C19H19N3O4. The Kier molecular flexibility index (Phi) is 4.71. The summed E-state index contributed by atoms with van der Waals surface area (Å²) in [5, 5.41) is 13.7. The van der Waals surface area contributed by atoms with Gasteiger partial charge in [-0.05, 0) is 38.0 Å². The predicted octanol–water partition coefficient (Wildman–Crippen LogP) is 3.53. The quantitative estimate of drug-likeness (QED) is 0.657. The second-order valence-corrected chi connectivity index (χ2v) is 6.40. The van der Waals surface area contributed by atoms with E-state index in [2.05, 4.69) is 5.32 Å². The van der Waals surface area contributed by atoms with E-state index in [9.17, 15) is 19.7 Å². The van der Waals surface area contributed by atoms with E-state index in [-0.39, 0.29) is 17.5 Å². The highest BCUT2D eigenvalue weighted by Gasteiger charge is 2.33. The Morgan fingerprint density at radius 2 is 1.88 bits per heavy atom. The Bertz CT molecular complexity index is 890. The highest BCUT2D eigenvalue weighted by Crippen LogP contribution is 2.33. The summed E-state index contributed by atoms with van der Waals surface area (Å²) in [5.74, 6) is -0.388. The lowest BCUT2D eigenvalue weighted by molar-refractivity contribution is -0.385. The van der Waals surface area contributed by atoms with Crippen molar-refractivity contribution in [3.05, 3.63) is 63.7 Å². The van der Waals surface area contributed by atoms with E-state index in [0.29, 0.717) is 22.5 Å². The molecule has 1 aliphatic rings. The molecule has 2 amide bonds. The van der Waals surface area contributed by atoms with Crippen LogP contribution in [0.3, 0.4) is 0 Å². The maximum atomic E-state index is 12.7. The van der Waals surface area contributed by atoms with Gasteiger partial charge in [-0.25, -0.2) is 0 Å². The van der Waals surface area contributed by atoms with Crippen molar-refractivity contribution in [3.63, 3.8) is 0 Å². The Balaban J connectivity index is 1.86. The van der Waals surface area contributed by atoms with Gasteiger partial charge in [0.05, 0.1) is 16.2 Å². The molecule has 26 heavy (non-hydrogen) atoms. The largest absolute Gasteiger partial charge is 0.322 e. The number of anilines is 2. The molecule has 1 N–H and O–H groups in total. The van der Waals surface area contributed by atoms with Gasteiger partial charge in [-0.15, -0.1) is 0 Å². The van der Waals surface area contributed by atoms with Crippen LogP contribution in [0.2, 0.25) is 0 Å². The lowest BCUT2D eigenvalue weighted by atomic mass is 10.1. The molecule has 0 aliphatic heterocycles. The van der Waals surface area contributed by atoms with Gasteiger partial charge in [-0.3, -0.25) is 19.7 Å². The molecular weight excluding hydrogens is 334 g/mol. The van der Waals surface area contributed by atoms with Crippen molar-refractivity contribution in [2.75, 3.05) is 17.3 Å². The molecule has 2 aromatic rings. The summed E-state index contributed by atoms with van der Waals surface area (Å²) in [6.07, 6.45) is 1.76. The topological polar surface area (TPSA) is 92.6 Å². The Labute approximate surface area is 150 Å². The van der Waals surface area contributed by atoms with Crippen molar-refractivity contribution < 1.29 is 14.5 Å². The van der Waals surface area contributed by atoms with Gasteiger partial charge >= 0.3 is 0 Å². The van der Waals surface area contributed by atoms with Gasteiger partial charge in [-0.1, -0.05) is 18.2 Å². The average Bonchev–Trinajstić information content (AvgIpc) is 3.47. The first kappa shape index (κ1) is 17.6. The minimum atomic E-state index is -0.485. The van der Waals surface area contributed by atoms with E-state index < -0.39 is 10.8 Å². The smallest absolute Gasteiger partial charge is 0.274 e. The van der Waals surface area contributed by atoms with Gasteiger partial charge < -0.3 is 10.2 Å². The van der Waals surface area contributed by atoms with Crippen molar-refractivity contribution >= 4 is 28.9 Å². The zero-order chi connectivity index (χ0) is 18.8. The minimum absolute atomic E-state index is 0.00350. The zero-order valence-corrected chi connectivity index (χ0v) is 14.6. The summed E-state index contributed by atoms with van der Waals surface area (Å²) in [4.78, 5) is 37.1. The summed E-state index contributed by atoms with van der Waals surface area (Å²) in [6.45, 7) is 1.64. The molecule has 0 aromatic heterocycles. The molecule has 2 aromatic carbocycles. The standard InChI is InChI=1S/C19H19N3O4/c1-12-7-10-14(11-17(12)22(25)26)20-18(23)15-5-3-4-6-16(15)21(2)19(24)13-8-9-13/h3-7,10-11,13H,8-9H2,1-2H3,(H,20,23). The maximum Gasteiger partial charge on any atom is 0.274 e. The molecule has 0 spiro atoms. The number of rotatable bonds is 5. The number of nitrogens with one attached hydrogen (secondary N) is 1. The first-order valence-corrected chi connectivity index (χ1v) is 8.31. The van der Waals surface area contributed by atoms with Crippen LogP contribution in [-0.4, -0.2) is 23.8 Å². The third kappa shape index (κ3) is 3.56. The molecule has 1 fully saturated rings. The van der Waals surface area contributed by atoms with Crippen LogP contribution < -0.4 is 10.2 Å². The van der Waals surface area contributed by atoms with Crippen LogP contribution in [0, 0.1) is 23.0 Å². The van der Waals surface area contributed by atoms with Crippen molar-refractivity contribution in [2.24, 2.45) is 5.92 Å². The van der Waals surface area contributed by atoms with Crippen LogP contribution in [0.15, 0.2) is 42.5 Å². The van der Waals surface area contributed by atoms with Gasteiger partial charge in [0.15, 0.2) is 0 Å². The number of carbonyl (C=O) groups excluding carboxylic acids is 2. The SMILES string of the molecule is Cc1ccc(NC(=O)c2ccccc2N(C)C(=O)C2CC2)cc1[N+](=O)[O-]. The summed E-state index contributed by atoms with van der Waals surface area (Å²) in [7, 11) is 1.66. The van der Waals surface area contributed by atoms with Crippen molar-refractivity contribution in [1.82, 2.24) is 0 Å². The van der Waals surface area contributed by atoms with Crippen LogP contribution in [0.25, 0.3) is 0 Å². The molecule has 0 bridgehead atoms. The lowest BCUT2D eigenvalue weighted by Gasteiger charge is -2.20. The minimum Gasteiger partial charge on any atom is -0.322 e. The van der Waals surface area contributed by atoms with E-state index in [1.54, 1.807) is 50.4 Å². The lowest BCUT2D eigenvalue weighted by Crippen LogP contribution is -2.29. The normalized spacial score (nSPS) is 13.2. The van der Waals surface area contributed by atoms with Gasteiger partial charge in [-0.2, -0.15) is 0 Å². The van der Waals surface area contributed by atoms with Crippen molar-refractivity contribution in [1.29, 1.82) is 0 Å². The number of para-hydroxylation sites is 1. The first-order valence-electron chi connectivity index (χ1n) is 8.31. The number of nitro benzene ring substituents is 1. The van der Waals surface area contributed by atoms with Gasteiger partial charge in [0.25, 0.3) is 11.6 Å². The van der Waals surface area contributed by atoms with Crippen molar-refractivity contribution in [2.45, 2.75) is 19.8 Å². The van der Waals surface area contributed by atoms with E-state index in [4.69, 9.17) is 0 Å². The van der Waals surface area contributed by atoms with E-state index in [0.717, 1.165) is 12.8 Å². The molecule has 7 nitrogen and oxygen atoms in total. The van der Waals surface area contributed by atoms with Crippen LogP contribution in [0.5, 0.6) is 0 Å². The fourth-order valence-corrected chi connectivity index (χ4v) is 2.76. The van der Waals surface area contributed by atoms with Gasteiger partial charge in [0.2, 0.25) is 5.91 Å². The molecule has 0 atom stereocenters. The van der Waals surface area contributed by atoms with Crippen LogP contribution in [0.1, 0.15) is 28.8 Å². The average molecular weight is 353 g/mol. The maximum absolute atomic E-state index is 12.7. The molecule has 134 valence electrons. The first-order chi connectivity index (χ1) is 12.4. The summed E-state index contributed by atoms with van der Waals surface area (Å²) in [6, 6.07) is 11.3. The molecule has 0 unspecified atom stereocenters. The fraction of sp³-hybridized carbons (Fsp3) is 0.263. The molecule has 3 rings (SSSR count). The number of aryl methyl sites for hydroxylation is 1. The highest BCUT2D eigenvalue weighted by molar-refractivity contribution is 6.11. The van der Waals surface area contributed by atoms with Gasteiger partial charge in [0.1, 0.15) is 0 Å². The molecule has 0 radical (unpaired) electrons. The third-order valence-corrected chi connectivity index (χ3v) is 4.43. The second-order valence-electron chi connectivity index (χ2n) is 6.40. The number of hydrogen-bond acceptors (Lipinski definition) is 4. The highest BCUT2D eigenvalue weighted by atomic mass is 16.6. The van der Waals surface area contributed by atoms with E-state index >= 15 is 0 Å². The van der Waals surface area contributed by atoms with E-state index in [1.165, 1.54) is 11.0 Å². The Hall–Kier alpha value is -3.22. The Morgan fingerprint density at radius 1 is 1.19 bits per heavy atom. The van der Waals surface area contributed by atoms with Crippen LogP contribution in [-0.2, 0) is 4.79 Å². The zero-order valence-electron chi connectivity index (χ0n) is 14.6. The van der Waals surface area contributed by atoms with Crippen molar-refractivity contribution in [3.8, 4) is 0 Å². The third-order valence-electron chi connectivity index (χ3n) is 4.43. The van der Waals surface area contributed by atoms with Crippen LogP contribution >= 0.6 is 0 Å². The number of carbonyl (C=O) groups is 2. The number of nitro groups is 1. The Morgan fingerprint density at radius 3 is 2.54 bits per heavy atom. The monoisotopic (exact) mass is 353 g/mol. The molecule has 0 heterocycles. The van der Waals surface area contributed by atoms with E-state index in [1.807, 2.05) is 0 Å². The molecule has 7 heteroatoms. The molecule has 1 saturated carbocycles. The number of amides is 2. The molecule has 1 aliphatic carbocycles. The second kappa shape index (κ2) is 6.95. The van der Waals surface area contributed by atoms with Gasteiger partial charge in [0, 0.05) is 30.3 Å². The molecule has 0 saturated heterocycles. The fourth-order valence-electron chi connectivity index (χ4n) is 2.76. The number of benzene rings is 2.